The van der Waals surface area contributed by atoms with E-state index in [9.17, 15) is 19.4 Å². The number of halogens is 1. The summed E-state index contributed by atoms with van der Waals surface area (Å²) in [5.74, 6) is -1.48. The van der Waals surface area contributed by atoms with Crippen LogP contribution in [0.15, 0.2) is 18.2 Å². The van der Waals surface area contributed by atoms with Gasteiger partial charge in [0.1, 0.15) is 10.7 Å². The predicted molar refractivity (Wildman–Crippen MR) is 72.1 cm³/mol. The van der Waals surface area contributed by atoms with Crippen molar-refractivity contribution in [1.29, 1.82) is 0 Å². The van der Waals surface area contributed by atoms with Crippen LogP contribution in [0.1, 0.15) is 22.2 Å². The van der Waals surface area contributed by atoms with E-state index in [1.54, 1.807) is 19.1 Å². The zero-order valence-electron chi connectivity index (χ0n) is 10.3. The number of carboxylic acids is 1. The molecule has 1 aromatic heterocycles. The van der Waals surface area contributed by atoms with Gasteiger partial charge in [0.15, 0.2) is 0 Å². The summed E-state index contributed by atoms with van der Waals surface area (Å²) in [6, 6.07) is 4.58. The van der Waals surface area contributed by atoms with E-state index in [4.69, 9.17) is 0 Å². The molecule has 102 valence electrons. The van der Waals surface area contributed by atoms with Crippen molar-refractivity contribution >= 4 is 27.4 Å². The number of nitrogens with one attached hydrogen (secondary N) is 1. The third-order valence-corrected chi connectivity index (χ3v) is 3.88. The molecule has 4 nitrogen and oxygen atoms in total. The van der Waals surface area contributed by atoms with E-state index < -0.39 is 17.9 Å². The molecule has 0 aliphatic heterocycles. The largest absolute Gasteiger partial charge is 0.477 e. The first-order valence-electron chi connectivity index (χ1n) is 5.82. The number of carbonyl (C=O) groups is 1. The Labute approximate surface area is 113 Å². The molecule has 1 atom stereocenters. The quantitative estimate of drug-likeness (QED) is 0.787. The Morgan fingerprint density at radius 1 is 1.53 bits per heavy atom. The van der Waals surface area contributed by atoms with Crippen LogP contribution in [0.25, 0.3) is 10.1 Å². The van der Waals surface area contributed by atoms with Gasteiger partial charge < -0.3 is 15.5 Å². The molecular formula is C13H14FNO3S. The Bertz CT molecular complexity index is 609. The maximum absolute atomic E-state index is 13.8. The maximum Gasteiger partial charge on any atom is 0.346 e. The van der Waals surface area contributed by atoms with E-state index in [0.717, 1.165) is 11.3 Å². The van der Waals surface area contributed by atoms with E-state index >= 15 is 0 Å². The average molecular weight is 283 g/mol. The lowest BCUT2D eigenvalue weighted by atomic mass is 10.1. The zero-order valence-corrected chi connectivity index (χ0v) is 11.1. The fraction of sp³-hybridized carbons (Fsp3) is 0.308. The molecule has 2 aromatic rings. The van der Waals surface area contributed by atoms with Gasteiger partial charge in [-0.3, -0.25) is 0 Å². The van der Waals surface area contributed by atoms with E-state index in [2.05, 4.69) is 5.32 Å². The lowest BCUT2D eigenvalue weighted by Crippen LogP contribution is -2.24. The molecule has 0 aliphatic rings. The summed E-state index contributed by atoms with van der Waals surface area (Å²) in [5.41, 5.74) is 0.436. The molecule has 19 heavy (non-hydrogen) atoms. The fourth-order valence-corrected chi connectivity index (χ4v) is 2.99. The van der Waals surface area contributed by atoms with Gasteiger partial charge in [-0.1, -0.05) is 6.07 Å². The van der Waals surface area contributed by atoms with Crippen LogP contribution in [-0.4, -0.2) is 28.8 Å². The summed E-state index contributed by atoms with van der Waals surface area (Å²) < 4.78 is 14.5. The second-order valence-corrected chi connectivity index (χ2v) is 5.36. The third kappa shape index (κ3) is 2.91. The van der Waals surface area contributed by atoms with Gasteiger partial charge in [-0.2, -0.15) is 0 Å². The van der Waals surface area contributed by atoms with Gasteiger partial charge >= 0.3 is 5.97 Å². The SMILES string of the molecule is CC(O)CNCc1c(C(=O)O)sc2cccc(F)c12. The minimum atomic E-state index is -1.06. The van der Waals surface area contributed by atoms with Gasteiger partial charge in [-0.05, 0) is 19.1 Å². The highest BCUT2D eigenvalue weighted by atomic mass is 32.1. The summed E-state index contributed by atoms with van der Waals surface area (Å²) in [6.07, 6.45) is -0.539. The first-order valence-corrected chi connectivity index (χ1v) is 6.64. The first-order chi connectivity index (χ1) is 9.00. The highest BCUT2D eigenvalue weighted by Crippen LogP contribution is 2.33. The number of thiophene rings is 1. The van der Waals surface area contributed by atoms with Crippen molar-refractivity contribution in [3.8, 4) is 0 Å². The minimum Gasteiger partial charge on any atom is -0.477 e. The van der Waals surface area contributed by atoms with Crippen molar-refractivity contribution in [2.75, 3.05) is 6.54 Å². The van der Waals surface area contributed by atoms with Crippen molar-refractivity contribution in [2.24, 2.45) is 0 Å². The molecule has 3 N–H and O–H groups in total. The molecule has 1 heterocycles. The summed E-state index contributed by atoms with van der Waals surface area (Å²) in [7, 11) is 0. The van der Waals surface area contributed by atoms with Gasteiger partial charge in [0.25, 0.3) is 0 Å². The van der Waals surface area contributed by atoms with Crippen molar-refractivity contribution in [2.45, 2.75) is 19.6 Å². The first kappa shape index (κ1) is 13.9. The lowest BCUT2D eigenvalue weighted by Gasteiger charge is -2.07. The normalized spacial score (nSPS) is 12.8. The Morgan fingerprint density at radius 2 is 2.26 bits per heavy atom. The Kier molecular flexibility index (Phi) is 4.14. The second kappa shape index (κ2) is 5.64. The summed E-state index contributed by atoms with van der Waals surface area (Å²) in [5, 5.41) is 21.6. The molecule has 1 aromatic carbocycles. The van der Waals surface area contributed by atoms with Crippen LogP contribution in [0.5, 0.6) is 0 Å². The van der Waals surface area contributed by atoms with Gasteiger partial charge in [0, 0.05) is 28.7 Å². The van der Waals surface area contributed by atoms with E-state index in [1.807, 2.05) is 0 Å². The summed E-state index contributed by atoms with van der Waals surface area (Å²) in [4.78, 5) is 11.3. The number of aromatic carboxylic acids is 1. The fourth-order valence-electron chi connectivity index (χ4n) is 1.91. The van der Waals surface area contributed by atoms with Crippen LogP contribution in [-0.2, 0) is 6.54 Å². The molecule has 0 bridgehead atoms. The van der Waals surface area contributed by atoms with Gasteiger partial charge in [0.2, 0.25) is 0 Å². The van der Waals surface area contributed by atoms with Gasteiger partial charge in [-0.15, -0.1) is 11.3 Å². The Hall–Kier alpha value is -1.50. The zero-order chi connectivity index (χ0) is 14.0. The molecule has 0 saturated heterocycles. The predicted octanol–water partition coefficient (Wildman–Crippen LogP) is 2.21. The molecule has 1 unspecified atom stereocenters. The standard InChI is InChI=1S/C13H14FNO3S/c1-7(16)5-15-6-8-11-9(14)3-2-4-10(11)19-12(8)13(17)18/h2-4,7,15-16H,5-6H2,1H3,(H,17,18). The molecule has 0 amide bonds. The van der Waals surface area contributed by atoms with Crippen LogP contribution >= 0.6 is 11.3 Å². The highest BCUT2D eigenvalue weighted by Gasteiger charge is 2.19. The van der Waals surface area contributed by atoms with Crippen LogP contribution in [0.4, 0.5) is 4.39 Å². The van der Waals surface area contributed by atoms with E-state index in [1.165, 1.54) is 6.07 Å². The number of hydrogen-bond acceptors (Lipinski definition) is 4. The Morgan fingerprint density at radius 3 is 2.89 bits per heavy atom. The maximum atomic E-state index is 13.8. The number of aliphatic hydroxyl groups is 1. The molecule has 0 saturated carbocycles. The Balaban J connectivity index is 2.43. The summed E-state index contributed by atoms with van der Waals surface area (Å²) >= 11 is 1.06. The second-order valence-electron chi connectivity index (χ2n) is 4.31. The number of rotatable bonds is 5. The molecule has 0 aliphatic carbocycles. The number of hydrogen-bond donors (Lipinski definition) is 3. The number of carboxylic acid groups (broad SMARTS) is 1. The van der Waals surface area contributed by atoms with Crippen LogP contribution < -0.4 is 5.32 Å². The van der Waals surface area contributed by atoms with Crippen molar-refractivity contribution < 1.29 is 19.4 Å². The van der Waals surface area contributed by atoms with Crippen LogP contribution in [0.3, 0.4) is 0 Å². The molecule has 2 rings (SSSR count). The van der Waals surface area contributed by atoms with Crippen molar-refractivity contribution in [3.05, 3.63) is 34.5 Å². The number of benzene rings is 1. The topological polar surface area (TPSA) is 69.6 Å². The molecule has 0 fully saturated rings. The van der Waals surface area contributed by atoms with Gasteiger partial charge in [-0.25, -0.2) is 9.18 Å². The van der Waals surface area contributed by atoms with Crippen LogP contribution in [0, 0.1) is 5.82 Å². The van der Waals surface area contributed by atoms with E-state index in [-0.39, 0.29) is 11.4 Å². The molecular weight excluding hydrogens is 269 g/mol. The minimum absolute atomic E-state index is 0.137. The monoisotopic (exact) mass is 283 g/mol. The number of aliphatic hydroxyl groups excluding tert-OH is 1. The van der Waals surface area contributed by atoms with E-state index in [0.29, 0.717) is 22.2 Å². The third-order valence-electron chi connectivity index (χ3n) is 2.70. The van der Waals surface area contributed by atoms with Crippen LogP contribution in [0.2, 0.25) is 0 Å². The highest BCUT2D eigenvalue weighted by molar-refractivity contribution is 7.21. The molecule has 0 radical (unpaired) electrons. The molecule has 0 spiro atoms. The molecule has 6 heteroatoms. The number of fused-ring (bicyclic) bond motifs is 1. The van der Waals surface area contributed by atoms with Crippen molar-refractivity contribution in [3.63, 3.8) is 0 Å². The smallest absolute Gasteiger partial charge is 0.346 e. The van der Waals surface area contributed by atoms with Gasteiger partial charge in [0.05, 0.1) is 6.10 Å². The average Bonchev–Trinajstić information content (AvgIpc) is 2.69. The lowest BCUT2D eigenvalue weighted by molar-refractivity contribution is 0.0701. The summed E-state index contributed by atoms with van der Waals surface area (Å²) in [6.45, 7) is 2.16. The van der Waals surface area contributed by atoms with Crippen molar-refractivity contribution in [1.82, 2.24) is 5.32 Å².